The number of nitrogens with one attached hydrogen (secondary N) is 1. The highest BCUT2D eigenvalue weighted by Gasteiger charge is 2.54. The SMILES string of the molecule is O=C(CN1CN(c2ccccc2)C2(CCN(C(=O)Nc3cccc4ccccc34)CC2)C1=O)N1CCOCC1. The zero-order valence-electron chi connectivity index (χ0n) is 21.9. The van der Waals surface area contributed by atoms with E-state index >= 15 is 0 Å². The molecule has 202 valence electrons. The molecule has 1 N–H and O–H groups in total. The lowest BCUT2D eigenvalue weighted by atomic mass is 9.85. The first-order chi connectivity index (χ1) is 19.0. The van der Waals surface area contributed by atoms with Crippen molar-refractivity contribution >= 4 is 40.0 Å². The number of benzene rings is 3. The van der Waals surface area contributed by atoms with Crippen molar-refractivity contribution in [3.63, 3.8) is 0 Å². The summed E-state index contributed by atoms with van der Waals surface area (Å²) in [6.45, 7) is 3.43. The number of morpholine rings is 1. The smallest absolute Gasteiger partial charge is 0.321 e. The lowest BCUT2D eigenvalue weighted by Crippen LogP contribution is -2.58. The minimum absolute atomic E-state index is 0.0397. The number of anilines is 2. The fourth-order valence-electron chi connectivity index (χ4n) is 6.01. The van der Waals surface area contributed by atoms with Crippen molar-refractivity contribution in [2.45, 2.75) is 18.4 Å². The number of carbonyl (C=O) groups is 3. The number of carbonyl (C=O) groups excluding carboxylic acids is 3. The largest absolute Gasteiger partial charge is 0.378 e. The number of nitrogens with zero attached hydrogens (tertiary/aromatic N) is 4. The molecule has 3 aromatic carbocycles. The summed E-state index contributed by atoms with van der Waals surface area (Å²) in [6, 6.07) is 23.5. The van der Waals surface area contributed by atoms with Crippen molar-refractivity contribution in [2.75, 3.05) is 62.8 Å². The van der Waals surface area contributed by atoms with E-state index in [1.54, 1.807) is 14.7 Å². The van der Waals surface area contributed by atoms with E-state index < -0.39 is 5.54 Å². The number of rotatable bonds is 4. The van der Waals surface area contributed by atoms with Crippen LogP contribution >= 0.6 is 0 Å². The predicted octanol–water partition coefficient (Wildman–Crippen LogP) is 3.37. The van der Waals surface area contributed by atoms with Gasteiger partial charge in [0.1, 0.15) is 12.1 Å². The second kappa shape index (κ2) is 10.6. The molecule has 9 heteroatoms. The lowest BCUT2D eigenvalue weighted by Gasteiger charge is -2.43. The summed E-state index contributed by atoms with van der Waals surface area (Å²) in [5.41, 5.74) is 0.929. The van der Waals surface area contributed by atoms with Crippen LogP contribution in [0.1, 0.15) is 12.8 Å². The Morgan fingerprint density at radius 2 is 1.51 bits per heavy atom. The summed E-state index contributed by atoms with van der Waals surface area (Å²) in [6.07, 6.45) is 0.984. The minimum atomic E-state index is -0.789. The van der Waals surface area contributed by atoms with Gasteiger partial charge in [-0.05, 0) is 36.4 Å². The van der Waals surface area contributed by atoms with Gasteiger partial charge in [0.2, 0.25) is 5.91 Å². The Bertz CT molecular complexity index is 1360. The first-order valence-electron chi connectivity index (χ1n) is 13.6. The van der Waals surface area contributed by atoms with E-state index in [1.807, 2.05) is 72.8 Å². The van der Waals surface area contributed by atoms with E-state index in [0.717, 1.165) is 22.1 Å². The zero-order valence-corrected chi connectivity index (χ0v) is 21.9. The van der Waals surface area contributed by atoms with Gasteiger partial charge in [-0.15, -0.1) is 0 Å². The number of likely N-dealkylation sites (tertiary alicyclic amines) is 1. The van der Waals surface area contributed by atoms with Crippen LogP contribution in [0.3, 0.4) is 0 Å². The number of hydrogen-bond acceptors (Lipinski definition) is 5. The molecule has 3 aliphatic rings. The second-order valence-electron chi connectivity index (χ2n) is 10.4. The standard InChI is InChI=1S/C30H33N5O4/c36-27(32-17-19-39-20-18-32)21-34-22-35(24-9-2-1-3-10-24)30(28(34)37)13-15-33(16-14-30)29(38)31-26-12-6-8-23-7-4-5-11-25(23)26/h1-12H,13-22H2,(H,31,38). The number of piperidine rings is 1. The van der Waals surface area contributed by atoms with Gasteiger partial charge in [-0.2, -0.15) is 0 Å². The summed E-state index contributed by atoms with van der Waals surface area (Å²) >= 11 is 0. The first-order valence-corrected chi connectivity index (χ1v) is 13.6. The molecule has 0 aliphatic carbocycles. The normalized spacial score (nSPS) is 19.1. The van der Waals surface area contributed by atoms with E-state index in [1.165, 1.54) is 0 Å². The zero-order chi connectivity index (χ0) is 26.8. The maximum Gasteiger partial charge on any atom is 0.321 e. The van der Waals surface area contributed by atoms with E-state index in [9.17, 15) is 14.4 Å². The van der Waals surface area contributed by atoms with E-state index in [4.69, 9.17) is 4.74 Å². The van der Waals surface area contributed by atoms with Gasteiger partial charge in [-0.3, -0.25) is 9.59 Å². The first kappa shape index (κ1) is 25.2. The van der Waals surface area contributed by atoms with Gasteiger partial charge in [0.25, 0.3) is 5.91 Å². The molecule has 39 heavy (non-hydrogen) atoms. The van der Waals surface area contributed by atoms with Gasteiger partial charge in [0.05, 0.1) is 25.6 Å². The van der Waals surface area contributed by atoms with Crippen molar-refractivity contribution in [3.8, 4) is 0 Å². The van der Waals surface area contributed by atoms with Crippen LogP contribution in [0.2, 0.25) is 0 Å². The fourth-order valence-corrected chi connectivity index (χ4v) is 6.01. The van der Waals surface area contributed by atoms with Gasteiger partial charge >= 0.3 is 6.03 Å². The maximum absolute atomic E-state index is 14.0. The van der Waals surface area contributed by atoms with Crippen molar-refractivity contribution in [2.24, 2.45) is 0 Å². The monoisotopic (exact) mass is 527 g/mol. The summed E-state index contributed by atoms with van der Waals surface area (Å²) < 4.78 is 5.37. The van der Waals surface area contributed by atoms with Crippen LogP contribution < -0.4 is 10.2 Å². The molecule has 0 atom stereocenters. The Morgan fingerprint density at radius 1 is 0.821 bits per heavy atom. The van der Waals surface area contributed by atoms with Crippen LogP contribution in [0.5, 0.6) is 0 Å². The molecule has 0 radical (unpaired) electrons. The predicted molar refractivity (Wildman–Crippen MR) is 149 cm³/mol. The third-order valence-corrected chi connectivity index (χ3v) is 8.18. The topological polar surface area (TPSA) is 85.4 Å². The Hall–Kier alpha value is -4.11. The Labute approximate surface area is 227 Å². The van der Waals surface area contributed by atoms with Crippen molar-refractivity contribution < 1.29 is 19.1 Å². The van der Waals surface area contributed by atoms with Gasteiger partial charge in [-0.1, -0.05) is 54.6 Å². The highest BCUT2D eigenvalue weighted by Crippen LogP contribution is 2.39. The number of urea groups is 1. The van der Waals surface area contributed by atoms with E-state index in [-0.39, 0.29) is 24.4 Å². The molecule has 6 rings (SSSR count). The molecule has 0 aromatic heterocycles. The third kappa shape index (κ3) is 4.78. The Balaban J connectivity index is 1.18. The summed E-state index contributed by atoms with van der Waals surface area (Å²) in [7, 11) is 0. The van der Waals surface area contributed by atoms with Crippen molar-refractivity contribution in [1.29, 1.82) is 0 Å². The molecule has 4 amide bonds. The van der Waals surface area contributed by atoms with E-state index in [0.29, 0.717) is 58.9 Å². The number of amides is 4. The molecular formula is C30H33N5O4. The summed E-state index contributed by atoms with van der Waals surface area (Å²) in [4.78, 5) is 47.6. The van der Waals surface area contributed by atoms with Gasteiger partial charge in [-0.25, -0.2) is 4.79 Å². The van der Waals surface area contributed by atoms with Gasteiger partial charge < -0.3 is 29.7 Å². The Morgan fingerprint density at radius 3 is 2.28 bits per heavy atom. The summed E-state index contributed by atoms with van der Waals surface area (Å²) in [5.74, 6) is -0.0920. The van der Waals surface area contributed by atoms with Crippen LogP contribution in [0.25, 0.3) is 10.8 Å². The number of fused-ring (bicyclic) bond motifs is 1. The third-order valence-electron chi connectivity index (χ3n) is 8.18. The Kier molecular flexibility index (Phi) is 6.83. The van der Waals surface area contributed by atoms with Crippen LogP contribution in [-0.2, 0) is 14.3 Å². The molecule has 9 nitrogen and oxygen atoms in total. The minimum Gasteiger partial charge on any atom is -0.378 e. The molecule has 3 fully saturated rings. The van der Waals surface area contributed by atoms with Crippen LogP contribution in [0, 0.1) is 0 Å². The van der Waals surface area contributed by atoms with Crippen LogP contribution in [-0.4, -0.2) is 90.7 Å². The molecular weight excluding hydrogens is 494 g/mol. The molecule has 0 bridgehead atoms. The van der Waals surface area contributed by atoms with Crippen molar-refractivity contribution in [1.82, 2.24) is 14.7 Å². The molecule has 0 saturated carbocycles. The van der Waals surface area contributed by atoms with Crippen molar-refractivity contribution in [3.05, 3.63) is 72.8 Å². The quantitative estimate of drug-likeness (QED) is 0.563. The summed E-state index contributed by atoms with van der Waals surface area (Å²) in [5, 5.41) is 5.13. The number of hydrogen-bond donors (Lipinski definition) is 1. The van der Waals surface area contributed by atoms with Crippen LogP contribution in [0.15, 0.2) is 72.8 Å². The fraction of sp³-hybridized carbons (Fsp3) is 0.367. The molecule has 3 saturated heterocycles. The molecule has 1 spiro atoms. The van der Waals surface area contributed by atoms with Crippen LogP contribution in [0.4, 0.5) is 16.2 Å². The maximum atomic E-state index is 14.0. The van der Waals surface area contributed by atoms with Gasteiger partial charge in [0, 0.05) is 37.3 Å². The molecule has 3 aliphatic heterocycles. The molecule has 3 heterocycles. The molecule has 0 unspecified atom stereocenters. The molecule has 3 aromatic rings. The highest BCUT2D eigenvalue weighted by atomic mass is 16.5. The second-order valence-corrected chi connectivity index (χ2v) is 10.4. The average molecular weight is 528 g/mol. The number of ether oxygens (including phenoxy) is 1. The lowest BCUT2D eigenvalue weighted by molar-refractivity contribution is -0.143. The van der Waals surface area contributed by atoms with E-state index in [2.05, 4.69) is 10.2 Å². The highest BCUT2D eigenvalue weighted by molar-refractivity contribution is 6.02. The van der Waals surface area contributed by atoms with Gasteiger partial charge in [0.15, 0.2) is 0 Å². The average Bonchev–Trinajstić information content (AvgIpc) is 3.24. The number of para-hydroxylation sites is 1.